The Balaban J connectivity index is 1.02. The Bertz CT molecular complexity index is 3690. The van der Waals surface area contributed by atoms with Gasteiger partial charge >= 0.3 is 0 Å². The van der Waals surface area contributed by atoms with Gasteiger partial charge in [0.2, 0.25) is 0 Å². The summed E-state index contributed by atoms with van der Waals surface area (Å²) in [5.74, 6) is 2.31. The molecule has 0 spiro atoms. The number of hydrogen-bond acceptors (Lipinski definition) is 8. The molecule has 0 unspecified atom stereocenters. The topological polar surface area (TPSA) is 103 Å². The van der Waals surface area contributed by atoms with Gasteiger partial charge in [-0.25, -0.2) is 29.9 Å². The molecule has 0 bridgehead atoms. The summed E-state index contributed by atoms with van der Waals surface area (Å²) < 4.78 is 0. The van der Waals surface area contributed by atoms with Crippen molar-refractivity contribution in [1.29, 1.82) is 0 Å². The van der Waals surface area contributed by atoms with Gasteiger partial charge in [0.05, 0.1) is 34.2 Å². The second-order valence-electron chi connectivity index (χ2n) is 17.2. The lowest BCUT2D eigenvalue weighted by atomic mass is 9.95. The van der Waals surface area contributed by atoms with Gasteiger partial charge in [-0.3, -0.25) is 9.97 Å². The third kappa shape index (κ3) is 9.31. The van der Waals surface area contributed by atoms with Crippen molar-refractivity contribution in [3.8, 4) is 124 Å². The standard InChI is InChI=1S/C64H42N8/c1-5-17-43(18-6-1)44-31-33-50(34-32-44)63-70-62(49-23-11-4-12-24-49)71-64(72-63)54-38-51(37-53(39-54)58-42-57(47-19-7-2-8-20-47)68-61(69-58)48-21-9-3-10-22-48)45-27-29-46(30-28-45)52-40-59(55-25-13-15-35-65-55)67-60(41-52)56-26-14-16-36-66-56/h1-42H. The van der Waals surface area contributed by atoms with E-state index in [1.54, 1.807) is 12.4 Å². The van der Waals surface area contributed by atoms with Crippen molar-refractivity contribution < 1.29 is 0 Å². The van der Waals surface area contributed by atoms with E-state index < -0.39 is 0 Å². The molecule has 8 heteroatoms. The van der Waals surface area contributed by atoms with Crippen LogP contribution in [0.4, 0.5) is 0 Å². The molecule has 0 atom stereocenters. The van der Waals surface area contributed by atoms with E-state index in [1.165, 1.54) is 0 Å². The molecule has 0 fully saturated rings. The van der Waals surface area contributed by atoms with E-state index in [4.69, 9.17) is 29.9 Å². The predicted molar refractivity (Wildman–Crippen MR) is 289 cm³/mol. The van der Waals surface area contributed by atoms with Crippen LogP contribution in [0.5, 0.6) is 0 Å². The number of hydrogen-bond donors (Lipinski definition) is 0. The molecule has 5 heterocycles. The van der Waals surface area contributed by atoms with E-state index in [0.717, 1.165) is 101 Å². The fourth-order valence-electron chi connectivity index (χ4n) is 8.78. The van der Waals surface area contributed by atoms with Crippen LogP contribution in [0.2, 0.25) is 0 Å². The van der Waals surface area contributed by atoms with E-state index in [9.17, 15) is 0 Å². The molecule has 8 nitrogen and oxygen atoms in total. The highest BCUT2D eigenvalue weighted by Gasteiger charge is 2.18. The van der Waals surface area contributed by atoms with Crippen LogP contribution in [0.1, 0.15) is 0 Å². The van der Waals surface area contributed by atoms with E-state index in [-0.39, 0.29) is 0 Å². The minimum atomic E-state index is 0.534. The second-order valence-corrected chi connectivity index (χ2v) is 17.2. The lowest BCUT2D eigenvalue weighted by Crippen LogP contribution is -2.01. The summed E-state index contributed by atoms with van der Waals surface area (Å²) in [6, 6.07) is 82.3. The first kappa shape index (κ1) is 43.4. The number of rotatable bonds is 11. The van der Waals surface area contributed by atoms with Crippen molar-refractivity contribution in [2.24, 2.45) is 0 Å². The summed E-state index contributed by atoms with van der Waals surface area (Å²) in [4.78, 5) is 40.2. The van der Waals surface area contributed by atoms with Crippen LogP contribution in [0.15, 0.2) is 255 Å². The van der Waals surface area contributed by atoms with E-state index in [0.29, 0.717) is 23.3 Å². The van der Waals surface area contributed by atoms with Gasteiger partial charge in [-0.1, -0.05) is 182 Å². The Morgan fingerprint density at radius 3 is 0.986 bits per heavy atom. The normalized spacial score (nSPS) is 11.1. The summed E-state index contributed by atoms with van der Waals surface area (Å²) in [5, 5.41) is 0. The van der Waals surface area contributed by atoms with Gasteiger partial charge in [-0.2, -0.15) is 0 Å². The van der Waals surface area contributed by atoms with E-state index in [2.05, 4.69) is 131 Å². The minimum Gasteiger partial charge on any atom is -0.255 e. The van der Waals surface area contributed by atoms with Crippen LogP contribution in [0.3, 0.4) is 0 Å². The van der Waals surface area contributed by atoms with Gasteiger partial charge in [-0.15, -0.1) is 0 Å². The summed E-state index contributed by atoms with van der Waals surface area (Å²) in [7, 11) is 0. The fourth-order valence-corrected chi connectivity index (χ4v) is 8.78. The lowest BCUT2D eigenvalue weighted by molar-refractivity contribution is 1.07. The molecule has 12 rings (SSSR count). The van der Waals surface area contributed by atoms with Crippen molar-refractivity contribution in [2.45, 2.75) is 0 Å². The Kier molecular flexibility index (Phi) is 11.8. The van der Waals surface area contributed by atoms with E-state index in [1.807, 2.05) is 121 Å². The zero-order valence-electron chi connectivity index (χ0n) is 38.8. The van der Waals surface area contributed by atoms with E-state index >= 15 is 0 Å². The molecule has 338 valence electrons. The average Bonchev–Trinajstić information content (AvgIpc) is 3.48. The third-order valence-corrected chi connectivity index (χ3v) is 12.5. The van der Waals surface area contributed by atoms with Gasteiger partial charge in [0.25, 0.3) is 0 Å². The lowest BCUT2D eigenvalue weighted by Gasteiger charge is -2.14. The molecule has 0 N–H and O–H groups in total. The Labute approximate surface area is 417 Å². The second kappa shape index (κ2) is 19.6. The highest BCUT2D eigenvalue weighted by Crippen LogP contribution is 2.37. The number of benzene rings is 7. The van der Waals surface area contributed by atoms with Gasteiger partial charge in [0.15, 0.2) is 23.3 Å². The number of pyridine rings is 3. The average molecular weight is 923 g/mol. The predicted octanol–water partition coefficient (Wildman–Crippen LogP) is 15.2. The highest BCUT2D eigenvalue weighted by molar-refractivity contribution is 5.83. The Morgan fingerprint density at radius 1 is 0.167 bits per heavy atom. The van der Waals surface area contributed by atoms with Crippen LogP contribution in [-0.4, -0.2) is 39.9 Å². The van der Waals surface area contributed by atoms with Gasteiger partial charge in [0, 0.05) is 45.8 Å². The molecule has 5 aromatic heterocycles. The molecule has 7 aromatic carbocycles. The van der Waals surface area contributed by atoms with Crippen LogP contribution in [0, 0.1) is 0 Å². The molecular weight excluding hydrogens is 881 g/mol. The van der Waals surface area contributed by atoms with Crippen molar-refractivity contribution in [2.75, 3.05) is 0 Å². The van der Waals surface area contributed by atoms with Crippen LogP contribution >= 0.6 is 0 Å². The maximum absolute atomic E-state index is 5.27. The van der Waals surface area contributed by atoms with Crippen molar-refractivity contribution in [1.82, 2.24) is 39.9 Å². The van der Waals surface area contributed by atoms with Crippen molar-refractivity contribution in [3.05, 3.63) is 255 Å². The van der Waals surface area contributed by atoms with Crippen LogP contribution in [0.25, 0.3) is 124 Å². The first-order valence-electron chi connectivity index (χ1n) is 23.7. The van der Waals surface area contributed by atoms with Crippen LogP contribution < -0.4 is 0 Å². The first-order chi connectivity index (χ1) is 35.6. The molecule has 0 saturated carbocycles. The van der Waals surface area contributed by atoms with Gasteiger partial charge in [-0.05, 0) is 94.0 Å². The monoisotopic (exact) mass is 922 g/mol. The summed E-state index contributed by atoms with van der Waals surface area (Å²) in [5.41, 5.74) is 16.3. The highest BCUT2D eigenvalue weighted by atomic mass is 15.0. The first-order valence-corrected chi connectivity index (χ1v) is 23.7. The molecule has 0 aliphatic carbocycles. The SMILES string of the molecule is c1ccc(-c2ccc(-c3nc(-c4ccccc4)nc(-c4cc(-c5ccc(-c6cc(-c7ccccn7)nc(-c7ccccn7)c6)cc5)cc(-c5cc(-c6ccccc6)nc(-c6ccccc6)n5)c4)n3)cc2)cc1. The molecule has 0 aliphatic rings. The maximum atomic E-state index is 5.27. The number of nitrogens with zero attached hydrogens (tertiary/aromatic N) is 8. The zero-order chi connectivity index (χ0) is 48.1. The summed E-state index contributed by atoms with van der Waals surface area (Å²) >= 11 is 0. The minimum absolute atomic E-state index is 0.534. The molecule has 0 saturated heterocycles. The molecular formula is C64H42N8. The van der Waals surface area contributed by atoms with Crippen molar-refractivity contribution >= 4 is 0 Å². The Hall–Kier alpha value is -9.92. The molecule has 72 heavy (non-hydrogen) atoms. The quantitative estimate of drug-likeness (QED) is 0.126. The van der Waals surface area contributed by atoms with Gasteiger partial charge in [0.1, 0.15) is 0 Å². The summed E-state index contributed by atoms with van der Waals surface area (Å²) in [6.45, 7) is 0. The van der Waals surface area contributed by atoms with Gasteiger partial charge < -0.3 is 0 Å². The van der Waals surface area contributed by atoms with Crippen molar-refractivity contribution in [3.63, 3.8) is 0 Å². The molecule has 12 aromatic rings. The van der Waals surface area contributed by atoms with Crippen LogP contribution in [-0.2, 0) is 0 Å². The maximum Gasteiger partial charge on any atom is 0.164 e. The summed E-state index contributed by atoms with van der Waals surface area (Å²) in [6.07, 6.45) is 3.58. The zero-order valence-corrected chi connectivity index (χ0v) is 38.8. The Morgan fingerprint density at radius 2 is 0.500 bits per heavy atom. The largest absolute Gasteiger partial charge is 0.255 e. The molecule has 0 radical (unpaired) electrons. The third-order valence-electron chi connectivity index (χ3n) is 12.5. The molecule has 0 aliphatic heterocycles. The molecule has 0 amide bonds. The smallest absolute Gasteiger partial charge is 0.164 e. The number of aromatic nitrogens is 8. The fraction of sp³-hybridized carbons (Fsp3) is 0.